The average molecular weight is 182 g/mol. The molecule has 0 amide bonds. The second-order valence-electron chi connectivity index (χ2n) is 2.84. The highest BCUT2D eigenvalue weighted by molar-refractivity contribution is 5.71. The SMILES string of the molecule is Cc1cc(O)c(O)cc1CC(=O)O. The summed E-state index contributed by atoms with van der Waals surface area (Å²) >= 11 is 0. The third kappa shape index (κ3) is 2.11. The summed E-state index contributed by atoms with van der Waals surface area (Å²) in [5.41, 5.74) is 1.15. The van der Waals surface area contributed by atoms with E-state index in [4.69, 9.17) is 15.3 Å². The fourth-order valence-corrected chi connectivity index (χ4v) is 1.08. The van der Waals surface area contributed by atoms with Gasteiger partial charge in [-0.3, -0.25) is 4.79 Å². The van der Waals surface area contributed by atoms with Crippen LogP contribution in [-0.4, -0.2) is 21.3 Å². The van der Waals surface area contributed by atoms with Crippen LogP contribution in [0.3, 0.4) is 0 Å². The van der Waals surface area contributed by atoms with Gasteiger partial charge < -0.3 is 15.3 Å². The van der Waals surface area contributed by atoms with E-state index in [1.807, 2.05) is 0 Å². The van der Waals surface area contributed by atoms with Crippen LogP contribution in [0.25, 0.3) is 0 Å². The van der Waals surface area contributed by atoms with Crippen molar-refractivity contribution in [2.24, 2.45) is 0 Å². The average Bonchev–Trinajstić information content (AvgIpc) is 1.99. The minimum atomic E-state index is -0.965. The van der Waals surface area contributed by atoms with Crippen molar-refractivity contribution in [1.82, 2.24) is 0 Å². The van der Waals surface area contributed by atoms with Gasteiger partial charge >= 0.3 is 5.97 Å². The standard InChI is InChI=1S/C9H10O4/c1-5-2-7(10)8(11)3-6(5)4-9(12)13/h2-3,10-11H,4H2,1H3,(H,12,13). The highest BCUT2D eigenvalue weighted by atomic mass is 16.4. The fraction of sp³-hybridized carbons (Fsp3) is 0.222. The van der Waals surface area contributed by atoms with Crippen molar-refractivity contribution in [2.45, 2.75) is 13.3 Å². The van der Waals surface area contributed by atoms with Gasteiger partial charge in [0.25, 0.3) is 0 Å². The summed E-state index contributed by atoms with van der Waals surface area (Å²) in [7, 11) is 0. The summed E-state index contributed by atoms with van der Waals surface area (Å²) in [5.74, 6) is -1.48. The van der Waals surface area contributed by atoms with Crippen LogP contribution >= 0.6 is 0 Å². The lowest BCUT2D eigenvalue weighted by Gasteiger charge is -2.05. The van der Waals surface area contributed by atoms with E-state index in [1.54, 1.807) is 6.92 Å². The summed E-state index contributed by atoms with van der Waals surface area (Å²) in [6.07, 6.45) is -0.153. The molecule has 0 aromatic heterocycles. The Hall–Kier alpha value is -1.71. The van der Waals surface area contributed by atoms with Gasteiger partial charge in [0.1, 0.15) is 0 Å². The number of aryl methyl sites for hydroxylation is 1. The molecule has 0 saturated carbocycles. The van der Waals surface area contributed by atoms with Gasteiger partial charge in [-0.1, -0.05) is 0 Å². The van der Waals surface area contributed by atoms with Gasteiger partial charge in [-0.2, -0.15) is 0 Å². The summed E-state index contributed by atoms with van der Waals surface area (Å²) in [6, 6.07) is 2.60. The molecule has 0 bridgehead atoms. The topological polar surface area (TPSA) is 77.8 Å². The Balaban J connectivity index is 3.08. The number of hydrogen-bond acceptors (Lipinski definition) is 3. The molecule has 0 heterocycles. The monoisotopic (exact) mass is 182 g/mol. The van der Waals surface area contributed by atoms with Gasteiger partial charge in [-0.25, -0.2) is 0 Å². The van der Waals surface area contributed by atoms with Crippen LogP contribution in [-0.2, 0) is 11.2 Å². The van der Waals surface area contributed by atoms with Gasteiger partial charge in [0.2, 0.25) is 0 Å². The molecule has 13 heavy (non-hydrogen) atoms. The first kappa shape index (κ1) is 9.38. The maximum Gasteiger partial charge on any atom is 0.307 e. The van der Waals surface area contributed by atoms with E-state index in [1.165, 1.54) is 12.1 Å². The second kappa shape index (κ2) is 3.35. The Kier molecular flexibility index (Phi) is 2.41. The van der Waals surface area contributed by atoms with Crippen molar-refractivity contribution in [1.29, 1.82) is 0 Å². The fourth-order valence-electron chi connectivity index (χ4n) is 1.08. The predicted molar refractivity (Wildman–Crippen MR) is 45.8 cm³/mol. The van der Waals surface area contributed by atoms with Crippen molar-refractivity contribution in [3.63, 3.8) is 0 Å². The molecule has 0 atom stereocenters. The highest BCUT2D eigenvalue weighted by Gasteiger charge is 2.08. The van der Waals surface area contributed by atoms with Gasteiger partial charge in [0.15, 0.2) is 11.5 Å². The Bertz CT molecular complexity index is 344. The van der Waals surface area contributed by atoms with Crippen molar-refractivity contribution < 1.29 is 20.1 Å². The van der Waals surface area contributed by atoms with Crippen LogP contribution in [0, 0.1) is 6.92 Å². The lowest BCUT2D eigenvalue weighted by atomic mass is 10.1. The lowest BCUT2D eigenvalue weighted by molar-refractivity contribution is -0.136. The van der Waals surface area contributed by atoms with Gasteiger partial charge in [0.05, 0.1) is 6.42 Å². The third-order valence-corrected chi connectivity index (χ3v) is 1.77. The molecule has 0 saturated heterocycles. The second-order valence-corrected chi connectivity index (χ2v) is 2.84. The molecule has 0 radical (unpaired) electrons. The number of phenolic OH excluding ortho intramolecular Hbond substituents is 2. The molecule has 0 spiro atoms. The van der Waals surface area contributed by atoms with Gasteiger partial charge in [-0.15, -0.1) is 0 Å². The summed E-state index contributed by atoms with van der Waals surface area (Å²) < 4.78 is 0. The van der Waals surface area contributed by atoms with E-state index >= 15 is 0 Å². The van der Waals surface area contributed by atoms with Crippen molar-refractivity contribution in [3.8, 4) is 11.5 Å². The summed E-state index contributed by atoms with van der Waals surface area (Å²) in [5, 5.41) is 26.7. The number of hydrogen-bond donors (Lipinski definition) is 3. The van der Waals surface area contributed by atoms with E-state index in [0.717, 1.165) is 0 Å². The zero-order valence-corrected chi connectivity index (χ0v) is 7.11. The number of phenols is 2. The molecule has 1 rings (SSSR count). The van der Waals surface area contributed by atoms with Gasteiger partial charge in [-0.05, 0) is 30.2 Å². The van der Waals surface area contributed by atoms with Crippen molar-refractivity contribution >= 4 is 5.97 Å². The molecule has 0 unspecified atom stereocenters. The molecule has 0 aliphatic heterocycles. The van der Waals surface area contributed by atoms with Crippen LogP contribution in [0.5, 0.6) is 11.5 Å². The van der Waals surface area contributed by atoms with E-state index in [-0.39, 0.29) is 17.9 Å². The molecule has 4 heteroatoms. The van der Waals surface area contributed by atoms with Crippen LogP contribution in [0.2, 0.25) is 0 Å². The zero-order chi connectivity index (χ0) is 10.0. The molecule has 1 aromatic carbocycles. The van der Waals surface area contributed by atoms with E-state index in [9.17, 15) is 4.79 Å². The van der Waals surface area contributed by atoms with Crippen LogP contribution in [0.15, 0.2) is 12.1 Å². The first-order chi connectivity index (χ1) is 6.00. The Morgan fingerprint density at radius 2 is 1.85 bits per heavy atom. The first-order valence-electron chi connectivity index (χ1n) is 3.74. The minimum Gasteiger partial charge on any atom is -0.504 e. The smallest absolute Gasteiger partial charge is 0.307 e. The molecule has 4 nitrogen and oxygen atoms in total. The molecule has 0 fully saturated rings. The largest absolute Gasteiger partial charge is 0.504 e. The van der Waals surface area contributed by atoms with E-state index in [2.05, 4.69) is 0 Å². The molecular formula is C9H10O4. The number of carbonyl (C=O) groups is 1. The van der Waals surface area contributed by atoms with Crippen molar-refractivity contribution in [2.75, 3.05) is 0 Å². The molecule has 0 aliphatic rings. The maximum absolute atomic E-state index is 10.4. The minimum absolute atomic E-state index is 0.153. The van der Waals surface area contributed by atoms with Gasteiger partial charge in [0, 0.05) is 0 Å². The normalized spacial score (nSPS) is 9.92. The van der Waals surface area contributed by atoms with E-state index < -0.39 is 5.97 Å². The van der Waals surface area contributed by atoms with Crippen LogP contribution in [0.1, 0.15) is 11.1 Å². The highest BCUT2D eigenvalue weighted by Crippen LogP contribution is 2.28. The summed E-state index contributed by atoms with van der Waals surface area (Å²) in [4.78, 5) is 10.4. The van der Waals surface area contributed by atoms with E-state index in [0.29, 0.717) is 11.1 Å². The van der Waals surface area contributed by atoms with Crippen molar-refractivity contribution in [3.05, 3.63) is 23.3 Å². The molecule has 70 valence electrons. The Labute approximate surface area is 75.1 Å². The zero-order valence-electron chi connectivity index (χ0n) is 7.11. The van der Waals surface area contributed by atoms with Crippen LogP contribution < -0.4 is 0 Å². The number of aromatic hydroxyl groups is 2. The Morgan fingerprint density at radius 3 is 2.38 bits per heavy atom. The first-order valence-corrected chi connectivity index (χ1v) is 3.74. The molecule has 3 N–H and O–H groups in total. The molecular weight excluding hydrogens is 172 g/mol. The number of carboxylic acid groups (broad SMARTS) is 1. The molecule has 0 aliphatic carbocycles. The predicted octanol–water partition coefficient (Wildman–Crippen LogP) is 1.03. The lowest BCUT2D eigenvalue weighted by Crippen LogP contribution is -2.01. The Morgan fingerprint density at radius 1 is 1.31 bits per heavy atom. The maximum atomic E-state index is 10.4. The third-order valence-electron chi connectivity index (χ3n) is 1.77. The number of rotatable bonds is 2. The summed E-state index contributed by atoms with van der Waals surface area (Å²) in [6.45, 7) is 1.68. The number of benzene rings is 1. The quantitative estimate of drug-likeness (QED) is 0.597. The number of carboxylic acids is 1. The van der Waals surface area contributed by atoms with Crippen LogP contribution in [0.4, 0.5) is 0 Å². The number of aliphatic carboxylic acids is 1. The molecule has 1 aromatic rings.